The van der Waals surface area contributed by atoms with Crippen LogP contribution in [-0.4, -0.2) is 47.2 Å². The van der Waals surface area contributed by atoms with Crippen molar-refractivity contribution in [2.24, 2.45) is 5.92 Å². The fourth-order valence-corrected chi connectivity index (χ4v) is 4.69. The number of nitrogens with zero attached hydrogens (tertiary/aromatic N) is 1. The van der Waals surface area contributed by atoms with E-state index < -0.39 is 0 Å². The molecule has 4 rings (SSSR count). The summed E-state index contributed by atoms with van der Waals surface area (Å²) in [6.45, 7) is 4.47. The molecule has 4 atom stereocenters. The van der Waals surface area contributed by atoms with Crippen LogP contribution in [0.15, 0.2) is 30.3 Å². The van der Waals surface area contributed by atoms with Gasteiger partial charge in [-0.15, -0.1) is 0 Å². The number of aliphatic hydroxyl groups excluding tert-OH is 1. The van der Waals surface area contributed by atoms with E-state index in [-0.39, 0.29) is 17.9 Å². The zero-order valence-corrected chi connectivity index (χ0v) is 13.9. The summed E-state index contributed by atoms with van der Waals surface area (Å²) in [5.41, 5.74) is 1.31. The number of likely N-dealkylation sites (tertiary alicyclic amines) is 1. The summed E-state index contributed by atoms with van der Waals surface area (Å²) in [5.74, 6) is 0.182. The summed E-state index contributed by atoms with van der Waals surface area (Å²) >= 11 is 0. The summed E-state index contributed by atoms with van der Waals surface area (Å²) in [5, 5.41) is 10.5. The van der Waals surface area contributed by atoms with E-state index in [0.717, 1.165) is 32.2 Å². The van der Waals surface area contributed by atoms with Gasteiger partial charge >= 0.3 is 0 Å². The zero-order valence-electron chi connectivity index (χ0n) is 13.9. The Labute approximate surface area is 138 Å². The van der Waals surface area contributed by atoms with Crippen molar-refractivity contribution in [2.75, 3.05) is 13.2 Å². The number of hydrogen-bond donors (Lipinski definition) is 1. The molecular weight excluding hydrogens is 290 g/mol. The van der Waals surface area contributed by atoms with E-state index in [9.17, 15) is 5.11 Å². The van der Waals surface area contributed by atoms with Crippen molar-refractivity contribution in [2.45, 2.75) is 63.1 Å². The van der Waals surface area contributed by atoms with Gasteiger partial charge in [0.1, 0.15) is 0 Å². The number of benzene rings is 1. The van der Waals surface area contributed by atoms with Crippen LogP contribution >= 0.6 is 0 Å². The molecule has 2 heterocycles. The third kappa shape index (κ3) is 2.93. The molecule has 1 saturated carbocycles. The average Bonchev–Trinajstić information content (AvgIpc) is 3.02. The first kappa shape index (κ1) is 15.6. The van der Waals surface area contributed by atoms with Crippen LogP contribution in [0.1, 0.15) is 38.2 Å². The quantitative estimate of drug-likeness (QED) is 0.910. The van der Waals surface area contributed by atoms with Crippen LogP contribution < -0.4 is 0 Å². The maximum absolute atomic E-state index is 10.5. The fourth-order valence-electron chi connectivity index (χ4n) is 4.69. The second-order valence-corrected chi connectivity index (χ2v) is 7.38. The van der Waals surface area contributed by atoms with Gasteiger partial charge in [0.15, 0.2) is 5.79 Å². The van der Waals surface area contributed by atoms with E-state index in [1.807, 2.05) is 0 Å². The number of ether oxygens (including phenoxy) is 2. The van der Waals surface area contributed by atoms with Crippen molar-refractivity contribution in [1.29, 1.82) is 0 Å². The van der Waals surface area contributed by atoms with Gasteiger partial charge in [-0.1, -0.05) is 30.3 Å². The molecule has 3 aliphatic rings. The lowest BCUT2D eigenvalue weighted by molar-refractivity contribution is -0.212. The van der Waals surface area contributed by atoms with Gasteiger partial charge in [-0.3, -0.25) is 4.90 Å². The van der Waals surface area contributed by atoms with Gasteiger partial charge in [0.05, 0.1) is 19.3 Å². The van der Waals surface area contributed by atoms with Gasteiger partial charge in [-0.05, 0) is 31.2 Å². The van der Waals surface area contributed by atoms with Gasteiger partial charge in [-0.25, -0.2) is 0 Å². The van der Waals surface area contributed by atoms with Crippen LogP contribution in [0.25, 0.3) is 0 Å². The molecule has 2 aliphatic heterocycles. The molecule has 0 bridgehead atoms. The lowest BCUT2D eigenvalue weighted by atomic mass is 9.73. The van der Waals surface area contributed by atoms with E-state index in [2.05, 4.69) is 42.2 Å². The van der Waals surface area contributed by atoms with E-state index in [1.54, 1.807) is 0 Å². The zero-order chi connectivity index (χ0) is 15.9. The van der Waals surface area contributed by atoms with Crippen molar-refractivity contribution < 1.29 is 14.6 Å². The molecule has 1 aromatic carbocycles. The summed E-state index contributed by atoms with van der Waals surface area (Å²) in [6, 6.07) is 11.2. The smallest absolute Gasteiger partial charge is 0.170 e. The van der Waals surface area contributed by atoms with Gasteiger partial charge in [0.2, 0.25) is 0 Å². The normalized spacial score (nSPS) is 37.0. The first-order valence-electron chi connectivity index (χ1n) is 8.92. The first-order valence-corrected chi connectivity index (χ1v) is 8.92. The van der Waals surface area contributed by atoms with Gasteiger partial charge in [0, 0.05) is 31.5 Å². The minimum Gasteiger partial charge on any atom is -0.391 e. The topological polar surface area (TPSA) is 41.9 Å². The predicted molar refractivity (Wildman–Crippen MR) is 87.8 cm³/mol. The highest BCUT2D eigenvalue weighted by Gasteiger charge is 2.50. The Morgan fingerprint density at radius 2 is 1.96 bits per heavy atom. The number of piperidine rings is 1. The Kier molecular flexibility index (Phi) is 4.18. The minimum absolute atomic E-state index is 0.174. The van der Waals surface area contributed by atoms with Crippen molar-refractivity contribution in [3.8, 4) is 0 Å². The number of fused-ring (bicyclic) bond motifs is 1. The van der Waals surface area contributed by atoms with E-state index in [0.29, 0.717) is 25.2 Å². The Morgan fingerprint density at radius 1 is 1.22 bits per heavy atom. The molecule has 1 spiro atoms. The monoisotopic (exact) mass is 317 g/mol. The third-order valence-corrected chi connectivity index (χ3v) is 6.03. The molecule has 126 valence electrons. The highest BCUT2D eigenvalue weighted by molar-refractivity contribution is 5.15. The molecule has 4 nitrogen and oxygen atoms in total. The van der Waals surface area contributed by atoms with Gasteiger partial charge in [-0.2, -0.15) is 0 Å². The molecule has 2 saturated heterocycles. The van der Waals surface area contributed by atoms with E-state index in [1.165, 1.54) is 5.56 Å². The molecule has 0 amide bonds. The Bertz CT molecular complexity index is 529. The third-order valence-electron chi connectivity index (χ3n) is 6.03. The molecule has 0 aromatic heterocycles. The first-order chi connectivity index (χ1) is 11.2. The fraction of sp³-hybridized carbons (Fsp3) is 0.684. The molecule has 3 fully saturated rings. The standard InChI is InChI=1S/C19H27NO3/c1-14-18(21)11-16-7-8-19(22-9-10-23-19)12-17(16)20(14)13-15-5-3-2-4-6-15/h2-6,14,16-18,21H,7-13H2,1H3/t14-,16-,17-,18+/m0/s1. The van der Waals surface area contributed by atoms with Crippen molar-refractivity contribution in [3.05, 3.63) is 35.9 Å². The molecule has 1 aromatic rings. The van der Waals surface area contributed by atoms with Crippen LogP contribution in [0.5, 0.6) is 0 Å². The van der Waals surface area contributed by atoms with Gasteiger partial charge in [0.25, 0.3) is 0 Å². The second-order valence-electron chi connectivity index (χ2n) is 7.38. The van der Waals surface area contributed by atoms with Crippen molar-refractivity contribution in [1.82, 2.24) is 4.90 Å². The molecule has 1 aliphatic carbocycles. The minimum atomic E-state index is -0.363. The Balaban J connectivity index is 1.58. The number of rotatable bonds is 2. The van der Waals surface area contributed by atoms with Crippen LogP contribution in [0.3, 0.4) is 0 Å². The summed E-state index contributed by atoms with van der Waals surface area (Å²) in [7, 11) is 0. The number of hydrogen-bond acceptors (Lipinski definition) is 4. The molecule has 0 unspecified atom stereocenters. The predicted octanol–water partition coefficient (Wildman–Crippen LogP) is 2.55. The summed E-state index contributed by atoms with van der Waals surface area (Å²) in [4.78, 5) is 2.49. The highest BCUT2D eigenvalue weighted by atomic mass is 16.7. The number of aliphatic hydroxyl groups is 1. The Hall–Kier alpha value is -0.940. The highest BCUT2D eigenvalue weighted by Crippen LogP contribution is 2.45. The maximum atomic E-state index is 10.5. The lowest BCUT2D eigenvalue weighted by Gasteiger charge is -2.53. The van der Waals surface area contributed by atoms with Gasteiger partial charge < -0.3 is 14.6 Å². The van der Waals surface area contributed by atoms with Crippen LogP contribution in [-0.2, 0) is 16.0 Å². The average molecular weight is 317 g/mol. The summed E-state index contributed by atoms with van der Waals surface area (Å²) in [6.07, 6.45) is 3.66. The van der Waals surface area contributed by atoms with Crippen LogP contribution in [0, 0.1) is 5.92 Å². The molecule has 4 heteroatoms. The molecular formula is C19H27NO3. The van der Waals surface area contributed by atoms with Crippen molar-refractivity contribution >= 4 is 0 Å². The summed E-state index contributed by atoms with van der Waals surface area (Å²) < 4.78 is 12.0. The molecule has 23 heavy (non-hydrogen) atoms. The lowest BCUT2D eigenvalue weighted by Crippen LogP contribution is -2.60. The largest absolute Gasteiger partial charge is 0.391 e. The van der Waals surface area contributed by atoms with E-state index in [4.69, 9.17) is 9.47 Å². The molecule has 1 N–H and O–H groups in total. The molecule has 0 radical (unpaired) electrons. The van der Waals surface area contributed by atoms with Crippen LogP contribution in [0.2, 0.25) is 0 Å². The maximum Gasteiger partial charge on any atom is 0.170 e. The SMILES string of the molecule is C[C@H]1[C@H](O)C[C@@H]2CCC3(C[C@@H]2N1Cc1ccccc1)OCCO3. The van der Waals surface area contributed by atoms with Crippen molar-refractivity contribution in [3.63, 3.8) is 0 Å². The van der Waals surface area contributed by atoms with Crippen LogP contribution in [0.4, 0.5) is 0 Å². The second kappa shape index (κ2) is 6.17. The Morgan fingerprint density at radius 3 is 2.70 bits per heavy atom. The van der Waals surface area contributed by atoms with E-state index >= 15 is 0 Å².